The van der Waals surface area contributed by atoms with Gasteiger partial charge >= 0.3 is 5.97 Å². The van der Waals surface area contributed by atoms with Gasteiger partial charge in [0, 0.05) is 0 Å². The van der Waals surface area contributed by atoms with Gasteiger partial charge in [0.1, 0.15) is 5.54 Å². The van der Waals surface area contributed by atoms with Crippen molar-refractivity contribution in [3.05, 3.63) is 0 Å². The standard InChI is InChI=1S/C8H13NO4S/c9-8(7(10)11)3-5-1-2-6(4-8)14(5,12)13/h5-6H,1-4,9H2,(H,10,11). The smallest absolute Gasteiger partial charge is 0.323 e. The third-order valence-corrected chi connectivity index (χ3v) is 6.01. The zero-order valence-corrected chi connectivity index (χ0v) is 8.46. The lowest BCUT2D eigenvalue weighted by Crippen LogP contribution is -2.56. The van der Waals surface area contributed by atoms with Crippen LogP contribution in [0.5, 0.6) is 0 Å². The van der Waals surface area contributed by atoms with Crippen LogP contribution in [-0.4, -0.2) is 35.5 Å². The minimum absolute atomic E-state index is 0.0706. The van der Waals surface area contributed by atoms with E-state index in [1.54, 1.807) is 0 Å². The summed E-state index contributed by atoms with van der Waals surface area (Å²) in [4.78, 5) is 10.9. The predicted octanol–water partition coefficient (Wildman–Crippen LogP) is -0.492. The third kappa shape index (κ3) is 1.17. The first kappa shape index (κ1) is 9.92. The van der Waals surface area contributed by atoms with Crippen LogP contribution in [0, 0.1) is 0 Å². The lowest BCUT2D eigenvalue weighted by molar-refractivity contribution is -0.143. The van der Waals surface area contributed by atoms with E-state index in [-0.39, 0.29) is 12.8 Å². The predicted molar refractivity (Wildman–Crippen MR) is 49.5 cm³/mol. The first-order chi connectivity index (χ1) is 6.36. The molecule has 2 aliphatic rings. The van der Waals surface area contributed by atoms with Gasteiger partial charge in [-0.15, -0.1) is 0 Å². The van der Waals surface area contributed by atoms with Crippen LogP contribution in [0.1, 0.15) is 25.7 Å². The molecule has 0 aromatic rings. The van der Waals surface area contributed by atoms with E-state index in [1.807, 2.05) is 0 Å². The molecule has 6 heteroatoms. The largest absolute Gasteiger partial charge is 0.480 e. The molecule has 0 aromatic carbocycles. The fourth-order valence-electron chi connectivity index (χ4n) is 2.48. The molecular formula is C8H13NO4S. The second-order valence-corrected chi connectivity index (χ2v) is 6.79. The Hall–Kier alpha value is -0.620. The summed E-state index contributed by atoms with van der Waals surface area (Å²) in [6.07, 6.45) is 1.28. The van der Waals surface area contributed by atoms with E-state index in [9.17, 15) is 13.2 Å². The molecule has 0 radical (unpaired) electrons. The summed E-state index contributed by atoms with van der Waals surface area (Å²) in [5.41, 5.74) is 4.36. The highest BCUT2D eigenvalue weighted by Crippen LogP contribution is 2.42. The molecule has 2 heterocycles. The van der Waals surface area contributed by atoms with Crippen molar-refractivity contribution in [2.24, 2.45) is 5.73 Å². The fraction of sp³-hybridized carbons (Fsp3) is 0.875. The SMILES string of the molecule is NC1(C(=O)O)CC2CCC(C1)S2(=O)=O. The second-order valence-electron chi connectivity index (χ2n) is 4.28. The molecule has 0 aliphatic carbocycles. The number of carbonyl (C=O) groups is 1. The van der Waals surface area contributed by atoms with Crippen molar-refractivity contribution in [3.8, 4) is 0 Å². The number of carboxylic acid groups (broad SMARTS) is 1. The average molecular weight is 219 g/mol. The van der Waals surface area contributed by atoms with Crippen LogP contribution in [0.15, 0.2) is 0 Å². The van der Waals surface area contributed by atoms with Crippen molar-refractivity contribution in [2.75, 3.05) is 0 Å². The zero-order valence-electron chi connectivity index (χ0n) is 7.64. The maximum Gasteiger partial charge on any atom is 0.323 e. The molecule has 0 aromatic heterocycles. The Labute approximate surface area is 82.2 Å². The molecule has 0 saturated carbocycles. The molecule has 2 atom stereocenters. The van der Waals surface area contributed by atoms with E-state index in [0.29, 0.717) is 12.8 Å². The molecule has 2 aliphatic heterocycles. The number of sulfone groups is 1. The minimum atomic E-state index is -3.08. The van der Waals surface area contributed by atoms with Gasteiger partial charge in [-0.05, 0) is 25.7 Å². The van der Waals surface area contributed by atoms with E-state index in [1.165, 1.54) is 0 Å². The van der Waals surface area contributed by atoms with E-state index in [4.69, 9.17) is 10.8 Å². The van der Waals surface area contributed by atoms with Crippen LogP contribution >= 0.6 is 0 Å². The van der Waals surface area contributed by atoms with Crippen LogP contribution in [-0.2, 0) is 14.6 Å². The molecule has 2 unspecified atom stereocenters. The first-order valence-electron chi connectivity index (χ1n) is 4.61. The molecular weight excluding hydrogens is 206 g/mol. The molecule has 2 rings (SSSR count). The van der Waals surface area contributed by atoms with Gasteiger partial charge in [-0.1, -0.05) is 0 Å². The number of carboxylic acids is 1. The summed E-state index contributed by atoms with van der Waals surface area (Å²) >= 11 is 0. The van der Waals surface area contributed by atoms with E-state index < -0.39 is 31.8 Å². The molecule has 5 nitrogen and oxygen atoms in total. The summed E-state index contributed by atoms with van der Waals surface area (Å²) in [5, 5.41) is 7.86. The van der Waals surface area contributed by atoms with E-state index in [2.05, 4.69) is 0 Å². The highest BCUT2D eigenvalue weighted by molar-refractivity contribution is 7.93. The van der Waals surface area contributed by atoms with Gasteiger partial charge in [-0.3, -0.25) is 4.79 Å². The average Bonchev–Trinajstić information content (AvgIpc) is 2.30. The first-order valence-corrected chi connectivity index (χ1v) is 6.22. The number of nitrogens with two attached hydrogens (primary N) is 1. The normalized spacial score (nSPS) is 44.9. The Morgan fingerprint density at radius 2 is 1.71 bits per heavy atom. The van der Waals surface area contributed by atoms with Crippen LogP contribution < -0.4 is 5.73 Å². The summed E-state index contributed by atoms with van der Waals surface area (Å²) in [5.74, 6) is -1.08. The Morgan fingerprint density at radius 3 is 2.07 bits per heavy atom. The molecule has 0 amide bonds. The summed E-state index contributed by atoms with van der Waals surface area (Å²) in [6, 6.07) is 0. The number of aliphatic carboxylic acids is 1. The molecule has 2 fully saturated rings. The molecule has 2 bridgehead atoms. The van der Waals surface area contributed by atoms with Crippen LogP contribution in [0.2, 0.25) is 0 Å². The van der Waals surface area contributed by atoms with Gasteiger partial charge in [0.25, 0.3) is 0 Å². The maximum absolute atomic E-state index is 11.6. The number of rotatable bonds is 1. The van der Waals surface area contributed by atoms with E-state index in [0.717, 1.165) is 0 Å². The molecule has 3 N–H and O–H groups in total. The van der Waals surface area contributed by atoms with Gasteiger partial charge < -0.3 is 10.8 Å². The lowest BCUT2D eigenvalue weighted by Gasteiger charge is -2.33. The third-order valence-electron chi connectivity index (χ3n) is 3.35. The highest BCUT2D eigenvalue weighted by Gasteiger charge is 2.54. The maximum atomic E-state index is 11.6. The highest BCUT2D eigenvalue weighted by atomic mass is 32.2. The van der Waals surface area contributed by atoms with Crippen molar-refractivity contribution < 1.29 is 18.3 Å². The molecule has 0 spiro atoms. The number of fused-ring (bicyclic) bond motifs is 2. The van der Waals surface area contributed by atoms with Gasteiger partial charge in [0.05, 0.1) is 10.5 Å². The van der Waals surface area contributed by atoms with Crippen molar-refractivity contribution in [3.63, 3.8) is 0 Å². The van der Waals surface area contributed by atoms with Gasteiger partial charge in [-0.25, -0.2) is 8.42 Å². The Kier molecular flexibility index (Phi) is 1.91. The topological polar surface area (TPSA) is 97.5 Å². The summed E-state index contributed by atoms with van der Waals surface area (Å²) in [6.45, 7) is 0. The van der Waals surface area contributed by atoms with Crippen molar-refractivity contribution >= 4 is 15.8 Å². The van der Waals surface area contributed by atoms with Gasteiger partial charge in [-0.2, -0.15) is 0 Å². The molecule has 2 saturated heterocycles. The zero-order chi connectivity index (χ0) is 10.6. The Balaban J connectivity index is 2.34. The van der Waals surface area contributed by atoms with Crippen molar-refractivity contribution in [1.82, 2.24) is 0 Å². The number of hydrogen-bond acceptors (Lipinski definition) is 4. The fourth-order valence-corrected chi connectivity index (χ4v) is 5.01. The van der Waals surface area contributed by atoms with Crippen LogP contribution in [0.3, 0.4) is 0 Å². The van der Waals surface area contributed by atoms with Crippen LogP contribution in [0.25, 0.3) is 0 Å². The minimum Gasteiger partial charge on any atom is -0.480 e. The quantitative estimate of drug-likeness (QED) is 0.620. The van der Waals surface area contributed by atoms with Crippen molar-refractivity contribution in [2.45, 2.75) is 41.7 Å². The van der Waals surface area contributed by atoms with Gasteiger partial charge in [0.15, 0.2) is 9.84 Å². The molecule has 80 valence electrons. The van der Waals surface area contributed by atoms with E-state index >= 15 is 0 Å². The van der Waals surface area contributed by atoms with Crippen LogP contribution in [0.4, 0.5) is 0 Å². The van der Waals surface area contributed by atoms with Crippen molar-refractivity contribution in [1.29, 1.82) is 0 Å². The Morgan fingerprint density at radius 1 is 1.29 bits per heavy atom. The number of hydrogen-bond donors (Lipinski definition) is 2. The Bertz CT molecular complexity index is 355. The lowest BCUT2D eigenvalue weighted by atomic mass is 9.91. The monoisotopic (exact) mass is 219 g/mol. The summed E-state index contributed by atoms with van der Waals surface area (Å²) < 4.78 is 23.3. The summed E-state index contributed by atoms with van der Waals surface area (Å²) in [7, 11) is -3.08. The second kappa shape index (κ2) is 2.70. The van der Waals surface area contributed by atoms with Gasteiger partial charge in [0.2, 0.25) is 0 Å². The molecule has 14 heavy (non-hydrogen) atoms.